The maximum absolute atomic E-state index is 12.6. The maximum atomic E-state index is 12.6. The topological polar surface area (TPSA) is 65.7 Å². The lowest BCUT2D eigenvalue weighted by molar-refractivity contribution is 0.116. The first-order chi connectivity index (χ1) is 11.0. The molecule has 1 aromatic heterocycles. The molecule has 5 heteroatoms. The first-order valence-electron chi connectivity index (χ1n) is 8.81. The number of carbonyl (C=O) groups excluding carboxylic acids is 1. The molecule has 23 heavy (non-hydrogen) atoms. The fourth-order valence-electron chi connectivity index (χ4n) is 3.18. The summed E-state index contributed by atoms with van der Waals surface area (Å²) in [6.07, 6.45) is 4.33. The van der Waals surface area contributed by atoms with Crippen LogP contribution in [0.15, 0.2) is 16.5 Å². The van der Waals surface area contributed by atoms with E-state index < -0.39 is 0 Å². The summed E-state index contributed by atoms with van der Waals surface area (Å²) in [4.78, 5) is 14.6. The van der Waals surface area contributed by atoms with Gasteiger partial charge in [0.1, 0.15) is 11.5 Å². The van der Waals surface area contributed by atoms with E-state index in [1.54, 1.807) is 0 Å². The minimum absolute atomic E-state index is 0.0177. The monoisotopic (exact) mass is 322 g/mol. The minimum atomic E-state index is -0.0261. The van der Waals surface area contributed by atoms with Crippen molar-refractivity contribution < 1.29 is 14.3 Å². The lowest BCUT2D eigenvalue weighted by Crippen LogP contribution is -2.48. The average Bonchev–Trinajstić information content (AvgIpc) is 3.01. The number of rotatable bonds is 6. The zero-order valence-electron chi connectivity index (χ0n) is 14.5. The smallest absolute Gasteiger partial charge is 0.318 e. The molecule has 2 amide bonds. The van der Waals surface area contributed by atoms with Crippen molar-refractivity contribution in [1.82, 2.24) is 10.2 Å². The van der Waals surface area contributed by atoms with E-state index in [9.17, 15) is 4.79 Å². The van der Waals surface area contributed by atoms with E-state index in [-0.39, 0.29) is 24.7 Å². The van der Waals surface area contributed by atoms with Gasteiger partial charge in [-0.15, -0.1) is 0 Å². The summed E-state index contributed by atoms with van der Waals surface area (Å²) in [5.41, 5.74) is 0. The molecule has 1 aromatic rings. The van der Waals surface area contributed by atoms with Gasteiger partial charge in [-0.25, -0.2) is 4.79 Å². The largest absolute Gasteiger partial charge is 0.464 e. The first-order valence-corrected chi connectivity index (χ1v) is 8.81. The van der Waals surface area contributed by atoms with Crippen molar-refractivity contribution in [1.29, 1.82) is 0 Å². The van der Waals surface area contributed by atoms with Crippen molar-refractivity contribution in [3.05, 3.63) is 23.7 Å². The summed E-state index contributed by atoms with van der Waals surface area (Å²) in [6.45, 7) is 7.20. The van der Waals surface area contributed by atoms with Crippen LogP contribution in [0.5, 0.6) is 0 Å². The molecule has 0 bridgehead atoms. The molecular weight excluding hydrogens is 292 g/mol. The highest BCUT2D eigenvalue weighted by molar-refractivity contribution is 5.75. The SMILES string of the molecule is CCc1ccc(C2CC(C)CCN2C(=O)NC(C)CCCO)o1. The Kier molecular flexibility index (Phi) is 6.51. The number of furan rings is 1. The third kappa shape index (κ3) is 4.74. The van der Waals surface area contributed by atoms with Gasteiger partial charge in [-0.1, -0.05) is 13.8 Å². The highest BCUT2D eigenvalue weighted by atomic mass is 16.3. The molecule has 130 valence electrons. The normalized spacial score (nSPS) is 22.9. The standard InChI is InChI=1S/C18H30N2O3/c1-4-15-7-8-17(23-15)16-12-13(2)9-10-20(16)18(22)19-14(3)6-5-11-21/h7-8,13-14,16,21H,4-6,9-12H2,1-3H3,(H,19,22). The number of urea groups is 1. The Morgan fingerprint density at radius 1 is 1.52 bits per heavy atom. The lowest BCUT2D eigenvalue weighted by Gasteiger charge is -2.38. The molecule has 2 rings (SSSR count). The van der Waals surface area contributed by atoms with Gasteiger partial charge in [0.25, 0.3) is 0 Å². The van der Waals surface area contributed by atoms with Crippen LogP contribution in [0.1, 0.15) is 64.0 Å². The van der Waals surface area contributed by atoms with E-state index in [2.05, 4.69) is 19.2 Å². The highest BCUT2D eigenvalue weighted by Crippen LogP contribution is 2.35. The van der Waals surface area contributed by atoms with Gasteiger partial charge in [0.15, 0.2) is 0 Å². The predicted molar refractivity (Wildman–Crippen MR) is 90.2 cm³/mol. The number of aliphatic hydroxyl groups excluding tert-OH is 1. The third-order valence-corrected chi connectivity index (χ3v) is 4.65. The van der Waals surface area contributed by atoms with Gasteiger partial charge in [-0.05, 0) is 50.7 Å². The summed E-state index contributed by atoms with van der Waals surface area (Å²) in [5.74, 6) is 2.45. The number of amides is 2. The molecule has 5 nitrogen and oxygen atoms in total. The maximum Gasteiger partial charge on any atom is 0.318 e. The quantitative estimate of drug-likeness (QED) is 0.842. The number of nitrogens with zero attached hydrogens (tertiary/aromatic N) is 1. The number of aliphatic hydroxyl groups is 1. The Labute approximate surface area is 139 Å². The number of nitrogens with one attached hydrogen (secondary N) is 1. The summed E-state index contributed by atoms with van der Waals surface area (Å²) >= 11 is 0. The molecule has 1 aliphatic heterocycles. The highest BCUT2D eigenvalue weighted by Gasteiger charge is 2.33. The van der Waals surface area contributed by atoms with Crippen LogP contribution in [0.4, 0.5) is 4.79 Å². The minimum Gasteiger partial charge on any atom is -0.464 e. The van der Waals surface area contributed by atoms with Crippen LogP contribution >= 0.6 is 0 Å². The van der Waals surface area contributed by atoms with E-state index in [0.29, 0.717) is 12.3 Å². The van der Waals surface area contributed by atoms with Crippen LogP contribution in [-0.4, -0.2) is 35.2 Å². The molecule has 2 heterocycles. The van der Waals surface area contributed by atoms with E-state index in [0.717, 1.165) is 43.7 Å². The van der Waals surface area contributed by atoms with Crippen molar-refractivity contribution in [2.45, 2.75) is 65.0 Å². The molecule has 1 saturated heterocycles. The number of hydrogen-bond donors (Lipinski definition) is 2. The second-order valence-electron chi connectivity index (χ2n) is 6.71. The fraction of sp³-hybridized carbons (Fsp3) is 0.722. The number of likely N-dealkylation sites (tertiary alicyclic amines) is 1. The second kappa shape index (κ2) is 8.39. The zero-order chi connectivity index (χ0) is 16.8. The van der Waals surface area contributed by atoms with Gasteiger partial charge in [0.05, 0.1) is 6.04 Å². The van der Waals surface area contributed by atoms with Gasteiger partial charge in [0.2, 0.25) is 0 Å². The molecule has 2 N–H and O–H groups in total. The van der Waals surface area contributed by atoms with E-state index in [1.165, 1.54) is 0 Å². The van der Waals surface area contributed by atoms with Crippen molar-refractivity contribution in [3.8, 4) is 0 Å². The molecular formula is C18H30N2O3. The van der Waals surface area contributed by atoms with E-state index in [1.807, 2.05) is 24.0 Å². The number of aryl methyl sites for hydroxylation is 1. The summed E-state index contributed by atoms with van der Waals surface area (Å²) in [7, 11) is 0. The average molecular weight is 322 g/mol. The molecule has 0 saturated carbocycles. The zero-order valence-corrected chi connectivity index (χ0v) is 14.5. The molecule has 0 aromatic carbocycles. The Morgan fingerprint density at radius 3 is 2.96 bits per heavy atom. The van der Waals surface area contributed by atoms with Crippen LogP contribution in [0.25, 0.3) is 0 Å². The summed E-state index contributed by atoms with van der Waals surface area (Å²) in [5, 5.41) is 12.0. The third-order valence-electron chi connectivity index (χ3n) is 4.65. The van der Waals surface area contributed by atoms with E-state index in [4.69, 9.17) is 9.52 Å². The van der Waals surface area contributed by atoms with Crippen LogP contribution in [0.2, 0.25) is 0 Å². The number of hydrogen-bond acceptors (Lipinski definition) is 3. The molecule has 1 aliphatic rings. The Bertz CT molecular complexity index is 500. The van der Waals surface area contributed by atoms with Gasteiger partial charge >= 0.3 is 6.03 Å². The van der Waals surface area contributed by atoms with Crippen molar-refractivity contribution in [2.75, 3.05) is 13.2 Å². The Balaban J connectivity index is 2.05. The lowest BCUT2D eigenvalue weighted by atomic mass is 9.91. The van der Waals surface area contributed by atoms with Crippen LogP contribution in [-0.2, 0) is 6.42 Å². The van der Waals surface area contributed by atoms with Crippen LogP contribution in [0, 0.1) is 5.92 Å². The summed E-state index contributed by atoms with van der Waals surface area (Å²) in [6, 6.07) is 4.08. The number of carbonyl (C=O) groups is 1. The summed E-state index contributed by atoms with van der Waals surface area (Å²) < 4.78 is 5.92. The van der Waals surface area contributed by atoms with E-state index >= 15 is 0 Å². The Morgan fingerprint density at radius 2 is 2.30 bits per heavy atom. The Hall–Kier alpha value is -1.49. The molecule has 3 atom stereocenters. The molecule has 0 radical (unpaired) electrons. The van der Waals surface area contributed by atoms with Crippen LogP contribution in [0.3, 0.4) is 0 Å². The van der Waals surface area contributed by atoms with Gasteiger partial charge in [-0.3, -0.25) is 0 Å². The molecule has 0 aliphatic carbocycles. The molecule has 0 spiro atoms. The number of piperidine rings is 1. The van der Waals surface area contributed by atoms with Gasteiger partial charge in [-0.2, -0.15) is 0 Å². The van der Waals surface area contributed by atoms with Crippen molar-refractivity contribution in [2.24, 2.45) is 5.92 Å². The van der Waals surface area contributed by atoms with Gasteiger partial charge < -0.3 is 19.7 Å². The van der Waals surface area contributed by atoms with Crippen molar-refractivity contribution >= 4 is 6.03 Å². The van der Waals surface area contributed by atoms with Crippen molar-refractivity contribution in [3.63, 3.8) is 0 Å². The predicted octanol–water partition coefficient (Wildman–Crippen LogP) is 3.49. The fourth-order valence-corrected chi connectivity index (χ4v) is 3.18. The first kappa shape index (κ1) is 17.9. The van der Waals surface area contributed by atoms with Crippen LogP contribution < -0.4 is 5.32 Å². The van der Waals surface area contributed by atoms with Gasteiger partial charge in [0, 0.05) is 25.6 Å². The molecule has 3 unspecified atom stereocenters. The second-order valence-corrected chi connectivity index (χ2v) is 6.71. The molecule has 1 fully saturated rings.